The fourth-order valence-corrected chi connectivity index (χ4v) is 2.78. The maximum Gasteiger partial charge on any atom is 0.223 e. The van der Waals surface area contributed by atoms with Crippen molar-refractivity contribution < 1.29 is 4.79 Å². The molecule has 0 aliphatic heterocycles. The largest absolute Gasteiger partial charge is 0.350 e. The van der Waals surface area contributed by atoms with Gasteiger partial charge in [-0.25, -0.2) is 0 Å². The van der Waals surface area contributed by atoms with Gasteiger partial charge in [0, 0.05) is 5.92 Å². The second kappa shape index (κ2) is 7.52. The zero-order valence-electron chi connectivity index (χ0n) is 13.0. The molecule has 1 rings (SSSR count). The Bertz CT molecular complexity index is 280. The highest BCUT2D eigenvalue weighted by Gasteiger charge is 2.31. The molecule has 0 bridgehead atoms. The molecule has 0 heterocycles. The molecular formula is C16H30ClNO. The molecule has 3 heteroatoms. The van der Waals surface area contributed by atoms with Gasteiger partial charge >= 0.3 is 0 Å². The minimum atomic E-state index is -0.322. The fraction of sp³-hybridized carbons (Fsp3) is 0.938. The predicted octanol–water partition coefficient (Wildman–Crippen LogP) is 4.51. The van der Waals surface area contributed by atoms with Crippen LogP contribution in [0.15, 0.2) is 0 Å². The van der Waals surface area contributed by atoms with Crippen LogP contribution in [0, 0.1) is 11.8 Å². The van der Waals surface area contributed by atoms with Crippen LogP contribution in [-0.4, -0.2) is 16.8 Å². The minimum Gasteiger partial charge on any atom is -0.350 e. The van der Waals surface area contributed by atoms with Gasteiger partial charge in [0.2, 0.25) is 5.91 Å². The van der Waals surface area contributed by atoms with Gasteiger partial charge in [0.05, 0.1) is 10.9 Å². The quantitative estimate of drug-likeness (QED) is 0.716. The lowest BCUT2D eigenvalue weighted by Crippen LogP contribution is -2.51. The fourth-order valence-electron chi connectivity index (χ4n) is 2.73. The molecule has 0 aromatic carbocycles. The first-order chi connectivity index (χ1) is 8.86. The van der Waals surface area contributed by atoms with Gasteiger partial charge < -0.3 is 5.32 Å². The first kappa shape index (κ1) is 16.8. The standard InChI is InChI=1S/C16H30ClNO/c1-5-6-7-13-8-10-14(11-9-13)15(19)18-16(3,4)12(2)17/h12-14H,5-11H2,1-4H3,(H,18,19). The Balaban J connectivity index is 2.37. The van der Waals surface area contributed by atoms with Crippen LogP contribution in [0.4, 0.5) is 0 Å². The van der Waals surface area contributed by atoms with Crippen LogP contribution in [0.2, 0.25) is 0 Å². The van der Waals surface area contributed by atoms with E-state index in [9.17, 15) is 4.79 Å². The molecule has 1 saturated carbocycles. The Kier molecular flexibility index (Phi) is 6.65. The van der Waals surface area contributed by atoms with E-state index in [4.69, 9.17) is 11.6 Å². The number of amides is 1. The maximum atomic E-state index is 12.3. The van der Waals surface area contributed by atoms with Gasteiger partial charge in [-0.2, -0.15) is 0 Å². The molecule has 1 aliphatic rings. The van der Waals surface area contributed by atoms with E-state index >= 15 is 0 Å². The van der Waals surface area contributed by atoms with Crippen LogP contribution in [0.1, 0.15) is 72.6 Å². The predicted molar refractivity (Wildman–Crippen MR) is 82.5 cm³/mol. The van der Waals surface area contributed by atoms with E-state index in [1.54, 1.807) is 0 Å². The monoisotopic (exact) mass is 287 g/mol. The number of hydrogen-bond acceptors (Lipinski definition) is 1. The number of unbranched alkanes of at least 4 members (excludes halogenated alkanes) is 1. The molecule has 1 fully saturated rings. The third kappa shape index (κ3) is 5.33. The number of alkyl halides is 1. The number of hydrogen-bond donors (Lipinski definition) is 1. The third-order valence-corrected chi connectivity index (χ3v) is 5.17. The molecule has 1 amide bonds. The highest BCUT2D eigenvalue weighted by atomic mass is 35.5. The first-order valence-electron chi connectivity index (χ1n) is 7.83. The Hall–Kier alpha value is -0.240. The summed E-state index contributed by atoms with van der Waals surface area (Å²) in [5.41, 5.74) is -0.322. The lowest BCUT2D eigenvalue weighted by Gasteiger charge is -2.33. The van der Waals surface area contributed by atoms with E-state index in [1.807, 2.05) is 20.8 Å². The van der Waals surface area contributed by atoms with E-state index in [0.717, 1.165) is 18.8 Å². The summed E-state index contributed by atoms with van der Waals surface area (Å²) >= 11 is 6.12. The van der Waals surface area contributed by atoms with Crippen molar-refractivity contribution in [2.75, 3.05) is 0 Å². The Morgan fingerprint density at radius 2 is 1.89 bits per heavy atom. The molecule has 1 atom stereocenters. The van der Waals surface area contributed by atoms with Gasteiger partial charge in [0.15, 0.2) is 0 Å². The molecule has 1 unspecified atom stereocenters. The number of nitrogens with one attached hydrogen (secondary N) is 1. The summed E-state index contributed by atoms with van der Waals surface area (Å²) in [5, 5.41) is 3.05. The summed E-state index contributed by atoms with van der Waals surface area (Å²) in [6.07, 6.45) is 8.49. The number of halogens is 1. The molecule has 0 aromatic heterocycles. The summed E-state index contributed by atoms with van der Waals surface area (Å²) in [5.74, 6) is 1.25. The minimum absolute atomic E-state index is 0.0580. The highest BCUT2D eigenvalue weighted by molar-refractivity contribution is 6.21. The molecule has 2 nitrogen and oxygen atoms in total. The first-order valence-corrected chi connectivity index (χ1v) is 8.26. The maximum absolute atomic E-state index is 12.3. The number of carbonyl (C=O) groups is 1. The van der Waals surface area contributed by atoms with Crippen molar-refractivity contribution in [2.24, 2.45) is 11.8 Å². The van der Waals surface area contributed by atoms with Crippen LogP contribution < -0.4 is 5.32 Å². The van der Waals surface area contributed by atoms with Crippen LogP contribution in [0.5, 0.6) is 0 Å². The second-order valence-electron chi connectivity index (χ2n) is 6.69. The van der Waals surface area contributed by atoms with Gasteiger partial charge in [0.25, 0.3) is 0 Å². The van der Waals surface area contributed by atoms with Gasteiger partial charge in [0.1, 0.15) is 0 Å². The smallest absolute Gasteiger partial charge is 0.223 e. The van der Waals surface area contributed by atoms with Crippen LogP contribution in [0.25, 0.3) is 0 Å². The third-order valence-electron chi connectivity index (χ3n) is 4.62. The van der Waals surface area contributed by atoms with Crippen molar-refractivity contribution in [1.82, 2.24) is 5.32 Å². The number of carbonyl (C=O) groups excluding carboxylic acids is 1. The SMILES string of the molecule is CCCCC1CCC(C(=O)NC(C)(C)C(C)Cl)CC1. The molecule has 0 saturated heterocycles. The Morgan fingerprint density at radius 3 is 2.37 bits per heavy atom. The van der Waals surface area contributed by atoms with Gasteiger partial charge in [-0.3, -0.25) is 4.79 Å². The van der Waals surface area contributed by atoms with Crippen LogP contribution >= 0.6 is 11.6 Å². The van der Waals surface area contributed by atoms with E-state index in [0.29, 0.717) is 0 Å². The Labute approximate surface area is 123 Å². The van der Waals surface area contributed by atoms with E-state index < -0.39 is 0 Å². The summed E-state index contributed by atoms with van der Waals surface area (Å²) in [6, 6.07) is 0. The van der Waals surface area contributed by atoms with Crippen molar-refractivity contribution in [2.45, 2.75) is 83.6 Å². The number of rotatable bonds is 6. The van der Waals surface area contributed by atoms with Gasteiger partial charge in [-0.05, 0) is 52.4 Å². The highest BCUT2D eigenvalue weighted by Crippen LogP contribution is 2.32. The topological polar surface area (TPSA) is 29.1 Å². The van der Waals surface area contributed by atoms with E-state index in [1.165, 1.54) is 32.1 Å². The zero-order chi connectivity index (χ0) is 14.5. The summed E-state index contributed by atoms with van der Waals surface area (Å²) < 4.78 is 0. The summed E-state index contributed by atoms with van der Waals surface area (Å²) in [7, 11) is 0. The molecule has 0 radical (unpaired) electrons. The average molecular weight is 288 g/mol. The lowest BCUT2D eigenvalue weighted by atomic mass is 9.79. The molecule has 1 N–H and O–H groups in total. The second-order valence-corrected chi connectivity index (χ2v) is 7.34. The molecule has 1 aliphatic carbocycles. The van der Waals surface area contributed by atoms with Gasteiger partial charge in [-0.15, -0.1) is 11.6 Å². The summed E-state index contributed by atoms with van der Waals surface area (Å²) in [4.78, 5) is 12.3. The molecule has 0 aromatic rings. The Morgan fingerprint density at radius 1 is 1.32 bits per heavy atom. The normalized spacial score (nSPS) is 25.9. The molecule has 112 valence electrons. The van der Waals surface area contributed by atoms with Crippen LogP contribution in [-0.2, 0) is 4.79 Å². The van der Waals surface area contributed by atoms with Gasteiger partial charge in [-0.1, -0.05) is 26.2 Å². The zero-order valence-corrected chi connectivity index (χ0v) is 13.7. The van der Waals surface area contributed by atoms with Crippen molar-refractivity contribution in [1.29, 1.82) is 0 Å². The van der Waals surface area contributed by atoms with E-state index in [2.05, 4.69) is 12.2 Å². The summed E-state index contributed by atoms with van der Waals surface area (Å²) in [6.45, 7) is 8.17. The van der Waals surface area contributed by atoms with Crippen molar-refractivity contribution in [3.8, 4) is 0 Å². The molecule has 0 spiro atoms. The van der Waals surface area contributed by atoms with Crippen molar-refractivity contribution >= 4 is 17.5 Å². The van der Waals surface area contributed by atoms with Crippen molar-refractivity contribution in [3.05, 3.63) is 0 Å². The lowest BCUT2D eigenvalue weighted by molar-refractivity contribution is -0.127. The molecule has 19 heavy (non-hydrogen) atoms. The van der Waals surface area contributed by atoms with Crippen molar-refractivity contribution in [3.63, 3.8) is 0 Å². The molecular weight excluding hydrogens is 258 g/mol. The average Bonchev–Trinajstić information content (AvgIpc) is 2.36. The van der Waals surface area contributed by atoms with E-state index in [-0.39, 0.29) is 22.7 Å². The van der Waals surface area contributed by atoms with Crippen LogP contribution in [0.3, 0.4) is 0 Å².